The highest BCUT2D eigenvalue weighted by Gasteiger charge is 2.14. The molecule has 2 aromatic carbocycles. The van der Waals surface area contributed by atoms with Crippen LogP contribution in [0.3, 0.4) is 0 Å². The lowest BCUT2D eigenvalue weighted by atomic mass is 10.3. The lowest BCUT2D eigenvalue weighted by Crippen LogP contribution is -2.22. The molecule has 1 N–H and O–H groups in total. The van der Waals surface area contributed by atoms with Crippen molar-refractivity contribution in [3.63, 3.8) is 0 Å². The van der Waals surface area contributed by atoms with Crippen molar-refractivity contribution in [2.24, 2.45) is 0 Å². The number of benzene rings is 2. The summed E-state index contributed by atoms with van der Waals surface area (Å²) in [6.45, 7) is 5.95. The van der Waals surface area contributed by atoms with Gasteiger partial charge in [0.1, 0.15) is 18.1 Å². The average Bonchev–Trinajstić information content (AvgIpc) is 2.61. The predicted molar refractivity (Wildman–Crippen MR) is 99.1 cm³/mol. The second-order valence-corrected chi connectivity index (χ2v) is 6.46. The van der Waals surface area contributed by atoms with Crippen molar-refractivity contribution in [1.29, 1.82) is 0 Å². The van der Waals surface area contributed by atoms with Crippen molar-refractivity contribution in [2.75, 3.05) is 19.0 Å². The van der Waals surface area contributed by atoms with Crippen LogP contribution in [0.1, 0.15) is 6.92 Å². The molecule has 0 radical (unpaired) electrons. The standard InChI is InChI=1S/C19H21NO3S/c1-4-13-23-17-7-5-15(6-8-17)20-19(21)14(2)24-18-11-9-16(22-3)10-12-18/h4-12,14H,1,13H2,2-3H3,(H,20,21). The molecule has 126 valence electrons. The normalized spacial score (nSPS) is 11.4. The van der Waals surface area contributed by atoms with Gasteiger partial charge in [-0.1, -0.05) is 12.7 Å². The van der Waals surface area contributed by atoms with Gasteiger partial charge in [-0.15, -0.1) is 11.8 Å². The third kappa shape index (κ3) is 5.35. The molecule has 24 heavy (non-hydrogen) atoms. The van der Waals surface area contributed by atoms with E-state index >= 15 is 0 Å². The largest absolute Gasteiger partial charge is 0.497 e. The molecule has 4 nitrogen and oxygen atoms in total. The molecule has 0 aliphatic heterocycles. The molecule has 0 aliphatic carbocycles. The molecule has 0 fully saturated rings. The highest BCUT2D eigenvalue weighted by molar-refractivity contribution is 8.00. The minimum Gasteiger partial charge on any atom is -0.497 e. The second-order valence-electron chi connectivity index (χ2n) is 5.05. The van der Waals surface area contributed by atoms with E-state index in [1.165, 1.54) is 11.8 Å². The number of anilines is 1. The molecule has 1 atom stereocenters. The summed E-state index contributed by atoms with van der Waals surface area (Å²) in [6.07, 6.45) is 1.69. The summed E-state index contributed by atoms with van der Waals surface area (Å²) < 4.78 is 10.5. The summed E-state index contributed by atoms with van der Waals surface area (Å²) in [5, 5.41) is 2.69. The number of carbonyl (C=O) groups excluding carboxylic acids is 1. The van der Waals surface area contributed by atoms with E-state index in [0.717, 1.165) is 22.1 Å². The SMILES string of the molecule is C=CCOc1ccc(NC(=O)C(C)Sc2ccc(OC)cc2)cc1. The highest BCUT2D eigenvalue weighted by Crippen LogP contribution is 2.26. The number of rotatable bonds is 8. The Morgan fingerprint density at radius 1 is 1.17 bits per heavy atom. The Morgan fingerprint density at radius 3 is 2.38 bits per heavy atom. The van der Waals surface area contributed by atoms with Crippen LogP contribution in [-0.2, 0) is 4.79 Å². The minimum absolute atomic E-state index is 0.0458. The van der Waals surface area contributed by atoms with E-state index in [0.29, 0.717) is 6.61 Å². The number of hydrogen-bond acceptors (Lipinski definition) is 4. The lowest BCUT2D eigenvalue weighted by molar-refractivity contribution is -0.115. The van der Waals surface area contributed by atoms with Gasteiger partial charge in [0.25, 0.3) is 0 Å². The van der Waals surface area contributed by atoms with Gasteiger partial charge >= 0.3 is 0 Å². The van der Waals surface area contributed by atoms with Crippen molar-refractivity contribution in [1.82, 2.24) is 0 Å². The summed E-state index contributed by atoms with van der Waals surface area (Å²) in [4.78, 5) is 13.3. The fourth-order valence-corrected chi connectivity index (χ4v) is 2.81. The van der Waals surface area contributed by atoms with Crippen LogP contribution >= 0.6 is 11.8 Å². The zero-order chi connectivity index (χ0) is 17.4. The number of hydrogen-bond donors (Lipinski definition) is 1. The van der Waals surface area contributed by atoms with Crippen LogP contribution in [0.5, 0.6) is 11.5 Å². The Labute approximate surface area is 146 Å². The van der Waals surface area contributed by atoms with Crippen LogP contribution < -0.4 is 14.8 Å². The molecule has 2 rings (SSSR count). The molecule has 1 amide bonds. The van der Waals surface area contributed by atoms with E-state index in [2.05, 4.69) is 11.9 Å². The quantitative estimate of drug-likeness (QED) is 0.571. The topological polar surface area (TPSA) is 47.6 Å². The van der Waals surface area contributed by atoms with E-state index in [9.17, 15) is 4.79 Å². The Balaban J connectivity index is 1.89. The van der Waals surface area contributed by atoms with Crippen LogP contribution in [0.2, 0.25) is 0 Å². The first-order valence-corrected chi connectivity index (χ1v) is 8.45. The number of carbonyl (C=O) groups is 1. The summed E-state index contributed by atoms with van der Waals surface area (Å²) >= 11 is 1.50. The molecule has 0 heterocycles. The number of nitrogens with one attached hydrogen (secondary N) is 1. The van der Waals surface area contributed by atoms with Gasteiger partial charge < -0.3 is 14.8 Å². The van der Waals surface area contributed by atoms with Crippen LogP contribution in [0.4, 0.5) is 5.69 Å². The Hall–Kier alpha value is -2.40. The zero-order valence-corrected chi connectivity index (χ0v) is 14.6. The number of amides is 1. The van der Waals surface area contributed by atoms with E-state index in [4.69, 9.17) is 9.47 Å². The van der Waals surface area contributed by atoms with Crippen LogP contribution in [0, 0.1) is 0 Å². The molecule has 0 bridgehead atoms. The fraction of sp³-hybridized carbons (Fsp3) is 0.211. The molecular formula is C19H21NO3S. The van der Waals surface area contributed by atoms with Gasteiger partial charge in [-0.2, -0.15) is 0 Å². The first-order chi connectivity index (χ1) is 11.6. The first-order valence-electron chi connectivity index (χ1n) is 7.57. The van der Waals surface area contributed by atoms with Crippen molar-refractivity contribution < 1.29 is 14.3 Å². The third-order valence-electron chi connectivity index (χ3n) is 3.23. The third-order valence-corrected chi connectivity index (χ3v) is 4.34. The average molecular weight is 343 g/mol. The van der Waals surface area contributed by atoms with Crippen molar-refractivity contribution in [2.45, 2.75) is 17.1 Å². The highest BCUT2D eigenvalue weighted by atomic mass is 32.2. The van der Waals surface area contributed by atoms with Crippen molar-refractivity contribution >= 4 is 23.4 Å². The lowest BCUT2D eigenvalue weighted by Gasteiger charge is -2.13. The van der Waals surface area contributed by atoms with E-state index in [1.807, 2.05) is 55.5 Å². The van der Waals surface area contributed by atoms with E-state index < -0.39 is 0 Å². The van der Waals surface area contributed by atoms with Gasteiger partial charge in [0.15, 0.2) is 0 Å². The Kier molecular flexibility index (Phi) is 6.75. The van der Waals surface area contributed by atoms with Crippen molar-refractivity contribution in [3.05, 3.63) is 61.2 Å². The summed E-state index contributed by atoms with van der Waals surface area (Å²) in [7, 11) is 1.63. The predicted octanol–water partition coefficient (Wildman–Crippen LogP) is 4.38. The van der Waals surface area contributed by atoms with Gasteiger partial charge in [0.2, 0.25) is 5.91 Å². The summed E-state index contributed by atoms with van der Waals surface area (Å²) in [5.41, 5.74) is 0.744. The van der Waals surface area contributed by atoms with Crippen LogP contribution in [-0.4, -0.2) is 24.9 Å². The fourth-order valence-electron chi connectivity index (χ4n) is 1.95. The van der Waals surface area contributed by atoms with Gasteiger partial charge in [-0.3, -0.25) is 4.79 Å². The molecule has 0 saturated heterocycles. The van der Waals surface area contributed by atoms with Gasteiger partial charge in [-0.25, -0.2) is 0 Å². The van der Waals surface area contributed by atoms with Crippen LogP contribution in [0.15, 0.2) is 66.1 Å². The Morgan fingerprint density at radius 2 is 1.79 bits per heavy atom. The monoisotopic (exact) mass is 343 g/mol. The molecule has 0 aliphatic rings. The molecule has 5 heteroatoms. The maximum atomic E-state index is 12.3. The van der Waals surface area contributed by atoms with Gasteiger partial charge in [0, 0.05) is 10.6 Å². The minimum atomic E-state index is -0.213. The van der Waals surface area contributed by atoms with Gasteiger partial charge in [0.05, 0.1) is 12.4 Å². The summed E-state index contributed by atoms with van der Waals surface area (Å²) in [5.74, 6) is 1.50. The molecule has 1 unspecified atom stereocenters. The molecule has 0 spiro atoms. The van der Waals surface area contributed by atoms with E-state index in [-0.39, 0.29) is 11.2 Å². The molecular weight excluding hydrogens is 322 g/mol. The first kappa shape index (κ1) is 17.9. The molecule has 2 aromatic rings. The number of thioether (sulfide) groups is 1. The maximum absolute atomic E-state index is 12.3. The van der Waals surface area contributed by atoms with Crippen LogP contribution in [0.25, 0.3) is 0 Å². The smallest absolute Gasteiger partial charge is 0.237 e. The maximum Gasteiger partial charge on any atom is 0.237 e. The number of ether oxygens (including phenoxy) is 2. The summed E-state index contributed by atoms with van der Waals surface area (Å²) in [6, 6.07) is 14.9. The van der Waals surface area contributed by atoms with E-state index in [1.54, 1.807) is 13.2 Å². The molecule has 0 saturated carbocycles. The Bertz CT molecular complexity index is 668. The molecule has 0 aromatic heterocycles. The second kappa shape index (κ2) is 9.03. The number of methoxy groups -OCH3 is 1. The van der Waals surface area contributed by atoms with Crippen molar-refractivity contribution in [3.8, 4) is 11.5 Å². The van der Waals surface area contributed by atoms with Gasteiger partial charge in [-0.05, 0) is 55.5 Å². The zero-order valence-electron chi connectivity index (χ0n) is 13.8.